The molecule has 1 fully saturated rings. The molecule has 118 valence electrons. The first-order chi connectivity index (χ1) is 11.2. The predicted molar refractivity (Wildman–Crippen MR) is 84.7 cm³/mol. The second kappa shape index (κ2) is 5.53. The van der Waals surface area contributed by atoms with E-state index in [9.17, 15) is 4.79 Å². The first kappa shape index (κ1) is 14.0. The van der Waals surface area contributed by atoms with E-state index in [0.29, 0.717) is 5.82 Å². The van der Waals surface area contributed by atoms with Crippen LogP contribution in [0.15, 0.2) is 34.9 Å². The van der Waals surface area contributed by atoms with Crippen molar-refractivity contribution in [1.82, 2.24) is 20.0 Å². The fourth-order valence-corrected chi connectivity index (χ4v) is 3.24. The minimum Gasteiger partial charge on any atom is -0.359 e. The Morgan fingerprint density at radius 2 is 2.30 bits per heavy atom. The molecule has 2 aromatic heterocycles. The van der Waals surface area contributed by atoms with Crippen molar-refractivity contribution in [2.45, 2.75) is 32.2 Å². The van der Waals surface area contributed by atoms with Gasteiger partial charge in [-0.2, -0.15) is 0 Å². The number of likely N-dealkylation sites (tertiary alicyclic amines) is 1. The minimum atomic E-state index is -0.00641. The number of fused-ring (bicyclic) bond motifs is 1. The summed E-state index contributed by atoms with van der Waals surface area (Å²) < 4.78 is 5.36. The number of para-hydroxylation sites is 2. The number of benzene rings is 1. The SMILES string of the molecule is Cc1cc([C@H]2CCCN2C(=O)Cc2nc3ccccc3[nH]2)on1. The summed E-state index contributed by atoms with van der Waals surface area (Å²) in [5.74, 6) is 1.55. The summed E-state index contributed by atoms with van der Waals surface area (Å²) in [4.78, 5) is 22.3. The highest BCUT2D eigenvalue weighted by molar-refractivity contribution is 5.81. The third-order valence-corrected chi connectivity index (χ3v) is 4.30. The topological polar surface area (TPSA) is 75.0 Å². The van der Waals surface area contributed by atoms with Gasteiger partial charge in [-0.05, 0) is 31.9 Å². The van der Waals surface area contributed by atoms with Gasteiger partial charge in [-0.3, -0.25) is 4.79 Å². The van der Waals surface area contributed by atoms with Gasteiger partial charge in [0.25, 0.3) is 0 Å². The minimum absolute atomic E-state index is 0.00641. The molecule has 0 radical (unpaired) electrons. The maximum Gasteiger partial charge on any atom is 0.230 e. The molecule has 0 bridgehead atoms. The highest BCUT2D eigenvalue weighted by atomic mass is 16.5. The number of aromatic nitrogens is 3. The lowest BCUT2D eigenvalue weighted by Gasteiger charge is -2.22. The second-order valence-electron chi connectivity index (χ2n) is 5.99. The number of nitrogens with one attached hydrogen (secondary N) is 1. The second-order valence-corrected chi connectivity index (χ2v) is 5.99. The lowest BCUT2D eigenvalue weighted by Crippen LogP contribution is -2.32. The molecule has 1 aliphatic heterocycles. The summed E-state index contributed by atoms with van der Waals surface area (Å²) in [5, 5.41) is 3.94. The van der Waals surface area contributed by atoms with Crippen LogP contribution in [-0.4, -0.2) is 32.5 Å². The van der Waals surface area contributed by atoms with Crippen molar-refractivity contribution in [3.05, 3.63) is 47.6 Å². The van der Waals surface area contributed by atoms with Crippen LogP contribution in [0, 0.1) is 6.92 Å². The van der Waals surface area contributed by atoms with Gasteiger partial charge in [0.05, 0.1) is 29.2 Å². The summed E-state index contributed by atoms with van der Waals surface area (Å²) in [6.45, 7) is 2.64. The number of rotatable bonds is 3. The first-order valence-electron chi connectivity index (χ1n) is 7.87. The maximum atomic E-state index is 12.7. The normalized spacial score (nSPS) is 18.0. The van der Waals surface area contributed by atoms with Crippen LogP contribution in [0.5, 0.6) is 0 Å². The Bertz CT molecular complexity index is 818. The zero-order valence-corrected chi connectivity index (χ0v) is 13.0. The largest absolute Gasteiger partial charge is 0.359 e. The number of hydrogen-bond donors (Lipinski definition) is 1. The number of aryl methyl sites for hydroxylation is 1. The van der Waals surface area contributed by atoms with Crippen LogP contribution < -0.4 is 0 Å². The molecule has 1 aliphatic rings. The van der Waals surface area contributed by atoms with Crippen LogP contribution in [-0.2, 0) is 11.2 Å². The molecule has 6 heteroatoms. The van der Waals surface area contributed by atoms with Crippen LogP contribution >= 0.6 is 0 Å². The molecule has 0 saturated carbocycles. The number of H-pyrrole nitrogens is 1. The van der Waals surface area contributed by atoms with Gasteiger partial charge in [-0.15, -0.1) is 0 Å². The molecule has 1 amide bonds. The van der Waals surface area contributed by atoms with Gasteiger partial charge >= 0.3 is 0 Å². The van der Waals surface area contributed by atoms with E-state index < -0.39 is 0 Å². The van der Waals surface area contributed by atoms with E-state index in [1.807, 2.05) is 42.2 Å². The van der Waals surface area contributed by atoms with E-state index in [1.54, 1.807) is 0 Å². The van der Waals surface area contributed by atoms with Crippen LogP contribution in [0.3, 0.4) is 0 Å². The Labute approximate surface area is 133 Å². The van der Waals surface area contributed by atoms with Gasteiger partial charge in [0.1, 0.15) is 5.82 Å². The van der Waals surface area contributed by atoms with Crippen LogP contribution in [0.1, 0.15) is 36.2 Å². The van der Waals surface area contributed by atoms with E-state index in [2.05, 4.69) is 15.1 Å². The Morgan fingerprint density at radius 1 is 1.43 bits per heavy atom. The molecule has 4 rings (SSSR count). The molecule has 1 aromatic carbocycles. The first-order valence-corrected chi connectivity index (χ1v) is 7.87. The highest BCUT2D eigenvalue weighted by Gasteiger charge is 2.32. The number of hydrogen-bond acceptors (Lipinski definition) is 4. The average Bonchev–Trinajstić information content (AvgIpc) is 3.24. The zero-order chi connectivity index (χ0) is 15.8. The third kappa shape index (κ3) is 2.60. The Morgan fingerprint density at radius 3 is 3.09 bits per heavy atom. The van der Waals surface area contributed by atoms with E-state index >= 15 is 0 Å². The van der Waals surface area contributed by atoms with Crippen molar-refractivity contribution in [3.8, 4) is 0 Å². The summed E-state index contributed by atoms with van der Waals surface area (Å²) in [6, 6.07) is 9.71. The number of carbonyl (C=O) groups is 1. The molecule has 1 saturated heterocycles. The highest BCUT2D eigenvalue weighted by Crippen LogP contribution is 2.32. The van der Waals surface area contributed by atoms with Crippen molar-refractivity contribution < 1.29 is 9.32 Å². The Balaban J connectivity index is 1.53. The van der Waals surface area contributed by atoms with Crippen LogP contribution in [0.25, 0.3) is 11.0 Å². The third-order valence-electron chi connectivity index (χ3n) is 4.30. The lowest BCUT2D eigenvalue weighted by atomic mass is 10.1. The number of amides is 1. The van der Waals surface area contributed by atoms with Crippen molar-refractivity contribution >= 4 is 16.9 Å². The van der Waals surface area contributed by atoms with Crippen molar-refractivity contribution in [1.29, 1.82) is 0 Å². The van der Waals surface area contributed by atoms with Gasteiger partial charge in [-0.1, -0.05) is 17.3 Å². The number of imidazole rings is 1. The predicted octanol–water partition coefficient (Wildman–Crippen LogP) is 2.77. The van der Waals surface area contributed by atoms with Gasteiger partial charge in [0.2, 0.25) is 5.91 Å². The summed E-state index contributed by atoms with van der Waals surface area (Å²) in [6.07, 6.45) is 2.18. The van der Waals surface area contributed by atoms with E-state index in [-0.39, 0.29) is 18.4 Å². The van der Waals surface area contributed by atoms with Gasteiger partial charge in [0.15, 0.2) is 5.76 Å². The van der Waals surface area contributed by atoms with E-state index in [4.69, 9.17) is 4.52 Å². The maximum absolute atomic E-state index is 12.7. The smallest absolute Gasteiger partial charge is 0.230 e. The molecule has 0 aliphatic carbocycles. The molecule has 0 unspecified atom stereocenters. The molecular weight excluding hydrogens is 292 g/mol. The van der Waals surface area contributed by atoms with Gasteiger partial charge in [-0.25, -0.2) is 4.98 Å². The monoisotopic (exact) mass is 310 g/mol. The van der Waals surface area contributed by atoms with E-state index in [0.717, 1.165) is 41.9 Å². The number of aromatic amines is 1. The number of carbonyl (C=O) groups excluding carboxylic acids is 1. The Hall–Kier alpha value is -2.63. The molecular formula is C17H18N4O2. The van der Waals surface area contributed by atoms with E-state index in [1.165, 1.54) is 0 Å². The van der Waals surface area contributed by atoms with Crippen molar-refractivity contribution in [2.24, 2.45) is 0 Å². The van der Waals surface area contributed by atoms with Crippen molar-refractivity contribution in [3.63, 3.8) is 0 Å². The van der Waals surface area contributed by atoms with Crippen LogP contribution in [0.4, 0.5) is 0 Å². The average molecular weight is 310 g/mol. The number of nitrogens with zero attached hydrogens (tertiary/aromatic N) is 3. The standard InChI is InChI=1S/C17H18N4O2/c1-11-9-15(23-20-11)14-7-4-8-21(14)17(22)10-16-18-12-5-2-3-6-13(12)19-16/h2-3,5-6,9,14H,4,7-8,10H2,1H3,(H,18,19)/t14-/m1/s1. The summed E-state index contributed by atoms with van der Waals surface area (Å²) in [5.41, 5.74) is 2.69. The molecule has 3 aromatic rings. The molecule has 23 heavy (non-hydrogen) atoms. The molecule has 0 spiro atoms. The quantitative estimate of drug-likeness (QED) is 0.807. The van der Waals surface area contributed by atoms with Crippen LogP contribution in [0.2, 0.25) is 0 Å². The fourth-order valence-electron chi connectivity index (χ4n) is 3.24. The summed E-state index contributed by atoms with van der Waals surface area (Å²) >= 11 is 0. The lowest BCUT2D eigenvalue weighted by molar-refractivity contribution is -0.131. The molecule has 3 heterocycles. The Kier molecular flexibility index (Phi) is 3.37. The fraction of sp³-hybridized carbons (Fsp3) is 0.353. The molecule has 6 nitrogen and oxygen atoms in total. The molecule has 1 N–H and O–H groups in total. The summed E-state index contributed by atoms with van der Waals surface area (Å²) in [7, 11) is 0. The van der Waals surface area contributed by atoms with Gasteiger partial charge < -0.3 is 14.4 Å². The molecule has 1 atom stereocenters. The van der Waals surface area contributed by atoms with Gasteiger partial charge in [0, 0.05) is 12.6 Å². The van der Waals surface area contributed by atoms with Crippen molar-refractivity contribution in [2.75, 3.05) is 6.54 Å². The zero-order valence-electron chi connectivity index (χ0n) is 13.0.